The highest BCUT2D eigenvalue weighted by atomic mass is 16.5. The number of aryl methyl sites for hydroxylation is 2. The van der Waals surface area contributed by atoms with Crippen molar-refractivity contribution < 1.29 is 18.8 Å². The van der Waals surface area contributed by atoms with Crippen molar-refractivity contribution in [3.05, 3.63) is 46.9 Å². The summed E-state index contributed by atoms with van der Waals surface area (Å²) >= 11 is 0. The number of amides is 1. The first-order valence-electron chi connectivity index (χ1n) is 7.67. The van der Waals surface area contributed by atoms with Crippen LogP contribution in [0.25, 0.3) is 6.08 Å². The Bertz CT molecular complexity index is 796. The fourth-order valence-electron chi connectivity index (χ4n) is 2.13. The van der Waals surface area contributed by atoms with Crippen LogP contribution < -0.4 is 14.8 Å². The van der Waals surface area contributed by atoms with E-state index in [0.29, 0.717) is 18.1 Å². The van der Waals surface area contributed by atoms with Gasteiger partial charge in [-0.1, -0.05) is 17.1 Å². The van der Waals surface area contributed by atoms with Crippen molar-refractivity contribution in [3.63, 3.8) is 0 Å². The van der Waals surface area contributed by atoms with Gasteiger partial charge in [0.2, 0.25) is 5.91 Å². The Hall–Kier alpha value is -3.20. The van der Waals surface area contributed by atoms with Crippen LogP contribution in [0.4, 0.5) is 0 Å². The van der Waals surface area contributed by atoms with Crippen molar-refractivity contribution >= 4 is 12.0 Å². The van der Waals surface area contributed by atoms with Gasteiger partial charge in [0.15, 0.2) is 11.5 Å². The second-order valence-corrected chi connectivity index (χ2v) is 5.26. The molecule has 0 radical (unpaired) electrons. The van der Waals surface area contributed by atoms with E-state index in [1.54, 1.807) is 25.3 Å². The van der Waals surface area contributed by atoms with Crippen LogP contribution >= 0.6 is 0 Å². The lowest BCUT2D eigenvalue weighted by molar-refractivity contribution is -0.116. The van der Waals surface area contributed by atoms with E-state index in [0.717, 1.165) is 22.6 Å². The number of carbonyl (C=O) groups excluding carboxylic acids is 1. The molecule has 0 aliphatic heterocycles. The fourth-order valence-corrected chi connectivity index (χ4v) is 2.13. The van der Waals surface area contributed by atoms with Gasteiger partial charge in [0.05, 0.1) is 24.9 Å². The van der Waals surface area contributed by atoms with Gasteiger partial charge in [0.25, 0.3) is 0 Å². The van der Waals surface area contributed by atoms with Crippen molar-refractivity contribution in [1.29, 1.82) is 0 Å². The Morgan fingerprint density at radius 3 is 2.84 bits per heavy atom. The molecule has 0 atom stereocenters. The van der Waals surface area contributed by atoms with Crippen molar-refractivity contribution in [2.45, 2.75) is 20.5 Å². The lowest BCUT2D eigenvalue weighted by atomic mass is 10.2. The number of terminal acetylenes is 1. The van der Waals surface area contributed by atoms with Crippen molar-refractivity contribution in [3.8, 4) is 23.8 Å². The smallest absolute Gasteiger partial charge is 0.244 e. The molecular formula is C19H20N2O4. The summed E-state index contributed by atoms with van der Waals surface area (Å²) in [6, 6.07) is 5.40. The molecule has 1 heterocycles. The number of rotatable bonds is 7. The highest BCUT2D eigenvalue weighted by Crippen LogP contribution is 2.30. The molecule has 1 aromatic carbocycles. The molecule has 1 N–H and O–H groups in total. The van der Waals surface area contributed by atoms with Gasteiger partial charge in [-0.3, -0.25) is 4.79 Å². The number of aromatic nitrogens is 1. The lowest BCUT2D eigenvalue weighted by Gasteiger charge is -2.11. The Labute approximate surface area is 146 Å². The van der Waals surface area contributed by atoms with E-state index >= 15 is 0 Å². The van der Waals surface area contributed by atoms with Gasteiger partial charge >= 0.3 is 0 Å². The maximum absolute atomic E-state index is 11.5. The van der Waals surface area contributed by atoms with Gasteiger partial charge < -0.3 is 19.3 Å². The normalized spacial score (nSPS) is 10.5. The third-order valence-electron chi connectivity index (χ3n) is 3.53. The molecule has 6 nitrogen and oxygen atoms in total. The van der Waals surface area contributed by atoms with Crippen molar-refractivity contribution in [2.24, 2.45) is 0 Å². The summed E-state index contributed by atoms with van der Waals surface area (Å²) in [6.45, 7) is 4.24. The summed E-state index contributed by atoms with van der Waals surface area (Å²) in [5.41, 5.74) is 2.52. The van der Waals surface area contributed by atoms with Gasteiger partial charge in [0.1, 0.15) is 12.4 Å². The van der Waals surface area contributed by atoms with Crippen LogP contribution in [0.15, 0.2) is 28.8 Å². The summed E-state index contributed by atoms with van der Waals surface area (Å²) in [5.74, 6) is 3.98. The van der Waals surface area contributed by atoms with Gasteiger partial charge in [-0.15, -0.1) is 6.42 Å². The van der Waals surface area contributed by atoms with E-state index in [2.05, 4.69) is 16.4 Å². The second-order valence-electron chi connectivity index (χ2n) is 5.26. The van der Waals surface area contributed by atoms with E-state index in [9.17, 15) is 4.79 Å². The van der Waals surface area contributed by atoms with E-state index in [-0.39, 0.29) is 12.5 Å². The first-order chi connectivity index (χ1) is 12.0. The van der Waals surface area contributed by atoms with Crippen LogP contribution in [0.1, 0.15) is 22.6 Å². The Kier molecular flexibility index (Phi) is 6.24. The zero-order chi connectivity index (χ0) is 18.2. The van der Waals surface area contributed by atoms with Gasteiger partial charge in [-0.05, 0) is 37.6 Å². The minimum atomic E-state index is -0.254. The van der Waals surface area contributed by atoms with Crippen LogP contribution in [-0.2, 0) is 11.4 Å². The molecule has 2 rings (SSSR count). The molecule has 0 aliphatic carbocycles. The number of ether oxygens (including phenoxy) is 2. The zero-order valence-electron chi connectivity index (χ0n) is 14.5. The Morgan fingerprint density at radius 1 is 1.40 bits per heavy atom. The number of hydrogen-bond donors (Lipinski definition) is 1. The molecule has 0 saturated carbocycles. The third-order valence-corrected chi connectivity index (χ3v) is 3.53. The van der Waals surface area contributed by atoms with Crippen LogP contribution in [0.2, 0.25) is 0 Å². The molecule has 0 saturated heterocycles. The average molecular weight is 340 g/mol. The second kappa shape index (κ2) is 8.60. The minimum absolute atomic E-state index is 0.195. The Balaban J connectivity index is 2.07. The highest BCUT2D eigenvalue weighted by Gasteiger charge is 2.11. The summed E-state index contributed by atoms with van der Waals surface area (Å²) in [6.07, 6.45) is 8.18. The first kappa shape index (κ1) is 18.1. The molecule has 130 valence electrons. The van der Waals surface area contributed by atoms with E-state index in [1.807, 2.05) is 19.9 Å². The molecule has 25 heavy (non-hydrogen) atoms. The van der Waals surface area contributed by atoms with Gasteiger partial charge in [-0.2, -0.15) is 0 Å². The molecule has 0 bridgehead atoms. The highest BCUT2D eigenvalue weighted by molar-refractivity contribution is 5.91. The van der Waals surface area contributed by atoms with Gasteiger partial charge in [0, 0.05) is 6.08 Å². The SMILES string of the molecule is C#CCNC(=O)/C=C/c1ccc(OCc2c(C)noc2C)c(OC)c1. The monoisotopic (exact) mass is 340 g/mol. The predicted octanol–water partition coefficient (Wildman–Crippen LogP) is 2.64. The summed E-state index contributed by atoms with van der Waals surface area (Å²) in [7, 11) is 1.56. The Morgan fingerprint density at radius 2 is 2.20 bits per heavy atom. The predicted molar refractivity (Wildman–Crippen MR) is 94.2 cm³/mol. The number of nitrogens with one attached hydrogen (secondary N) is 1. The quantitative estimate of drug-likeness (QED) is 0.619. The molecule has 1 amide bonds. The number of hydrogen-bond acceptors (Lipinski definition) is 5. The number of methoxy groups -OCH3 is 1. The third kappa shape index (κ3) is 4.88. The molecule has 0 aliphatic rings. The number of nitrogens with zero attached hydrogens (tertiary/aromatic N) is 1. The lowest BCUT2D eigenvalue weighted by Crippen LogP contribution is -2.20. The van der Waals surface area contributed by atoms with Gasteiger partial charge in [-0.25, -0.2) is 0 Å². The largest absolute Gasteiger partial charge is 0.493 e. The summed E-state index contributed by atoms with van der Waals surface area (Å²) in [5, 5.41) is 6.46. The van der Waals surface area contributed by atoms with E-state index < -0.39 is 0 Å². The van der Waals surface area contributed by atoms with E-state index in [4.69, 9.17) is 20.4 Å². The fraction of sp³-hybridized carbons (Fsp3) is 0.263. The standard InChI is InChI=1S/C19H20N2O4/c1-5-10-20-19(22)9-7-15-6-8-17(18(11-15)23-4)24-12-16-13(2)21-25-14(16)3/h1,6-9,11H,10,12H2,2-4H3,(H,20,22)/b9-7+. The van der Waals surface area contributed by atoms with E-state index in [1.165, 1.54) is 6.08 Å². The van der Waals surface area contributed by atoms with Crippen LogP contribution in [0.3, 0.4) is 0 Å². The van der Waals surface area contributed by atoms with Crippen LogP contribution in [0.5, 0.6) is 11.5 Å². The molecule has 0 fully saturated rings. The topological polar surface area (TPSA) is 73.6 Å². The van der Waals surface area contributed by atoms with Crippen molar-refractivity contribution in [1.82, 2.24) is 10.5 Å². The van der Waals surface area contributed by atoms with Crippen LogP contribution in [0, 0.1) is 26.2 Å². The molecule has 2 aromatic rings. The molecule has 6 heteroatoms. The number of benzene rings is 1. The molecule has 0 spiro atoms. The maximum Gasteiger partial charge on any atom is 0.244 e. The van der Waals surface area contributed by atoms with Crippen molar-refractivity contribution in [2.75, 3.05) is 13.7 Å². The molecule has 0 unspecified atom stereocenters. The zero-order valence-corrected chi connectivity index (χ0v) is 14.5. The number of carbonyl (C=O) groups is 1. The molecular weight excluding hydrogens is 320 g/mol. The first-order valence-corrected chi connectivity index (χ1v) is 7.67. The molecule has 1 aromatic heterocycles. The average Bonchev–Trinajstić information content (AvgIpc) is 2.94. The maximum atomic E-state index is 11.5. The summed E-state index contributed by atoms with van der Waals surface area (Å²) < 4.78 is 16.3. The minimum Gasteiger partial charge on any atom is -0.493 e. The summed E-state index contributed by atoms with van der Waals surface area (Å²) in [4.78, 5) is 11.5. The van der Waals surface area contributed by atoms with Crippen LogP contribution in [-0.4, -0.2) is 24.7 Å².